The van der Waals surface area contributed by atoms with Crippen LogP contribution in [-0.4, -0.2) is 61.2 Å². The number of piperazine rings is 1. The van der Waals surface area contributed by atoms with E-state index in [1.807, 2.05) is 17.5 Å². The minimum absolute atomic E-state index is 0.112. The molecular formula is C25H27FN4O3S. The highest BCUT2D eigenvalue weighted by Gasteiger charge is 2.25. The molecule has 9 heteroatoms. The van der Waals surface area contributed by atoms with Crippen LogP contribution in [0.2, 0.25) is 0 Å². The van der Waals surface area contributed by atoms with Crippen LogP contribution in [0.3, 0.4) is 0 Å². The van der Waals surface area contributed by atoms with Gasteiger partial charge in [-0.05, 0) is 53.6 Å². The molecule has 2 aliphatic heterocycles. The number of amides is 1. The summed E-state index contributed by atoms with van der Waals surface area (Å²) in [7, 11) is 0. The fourth-order valence-electron chi connectivity index (χ4n) is 4.77. The number of nitrogens with zero attached hydrogens (tertiary/aromatic N) is 3. The number of carboxylic acids is 1. The second kappa shape index (κ2) is 9.69. The Bertz CT molecular complexity index is 1220. The average molecular weight is 483 g/mol. The first-order chi connectivity index (χ1) is 16.5. The summed E-state index contributed by atoms with van der Waals surface area (Å²) in [5.41, 5.74) is 6.63. The van der Waals surface area contributed by atoms with E-state index in [2.05, 4.69) is 27.4 Å². The number of halogens is 1. The highest BCUT2D eigenvalue weighted by Crippen LogP contribution is 2.33. The number of hydrogen-bond acceptors (Lipinski definition) is 6. The lowest BCUT2D eigenvalue weighted by Crippen LogP contribution is -2.48. The van der Waals surface area contributed by atoms with Crippen LogP contribution >= 0.6 is 11.3 Å². The van der Waals surface area contributed by atoms with E-state index in [9.17, 15) is 14.0 Å². The molecule has 2 N–H and O–H groups in total. The lowest BCUT2D eigenvalue weighted by molar-refractivity contribution is -0.136. The van der Waals surface area contributed by atoms with Gasteiger partial charge >= 0.3 is 5.97 Å². The van der Waals surface area contributed by atoms with E-state index in [-0.39, 0.29) is 18.3 Å². The summed E-state index contributed by atoms with van der Waals surface area (Å²) in [4.78, 5) is 28.0. The highest BCUT2D eigenvalue weighted by molar-refractivity contribution is 7.17. The number of fused-ring (bicyclic) bond motifs is 2. The number of carbonyl (C=O) groups is 2. The molecule has 3 aromatic rings. The molecule has 2 aliphatic rings. The first-order valence-electron chi connectivity index (χ1n) is 11.5. The van der Waals surface area contributed by atoms with Crippen molar-refractivity contribution in [2.24, 2.45) is 0 Å². The SMILES string of the molecule is O=C(O)CNN1C(=O)CCc2ccc(CCN3CCN(c4cc(F)cc5sccc45)CC3)cc21. The molecule has 3 heterocycles. The quantitative estimate of drug-likeness (QED) is 0.538. The van der Waals surface area contributed by atoms with E-state index < -0.39 is 5.97 Å². The van der Waals surface area contributed by atoms with Crippen molar-refractivity contribution < 1.29 is 19.1 Å². The number of thiophene rings is 1. The van der Waals surface area contributed by atoms with Gasteiger partial charge in [0.25, 0.3) is 0 Å². The monoisotopic (exact) mass is 482 g/mol. The van der Waals surface area contributed by atoms with Gasteiger partial charge in [0.1, 0.15) is 12.4 Å². The number of hydrazine groups is 1. The van der Waals surface area contributed by atoms with Gasteiger partial charge in [-0.25, -0.2) is 14.8 Å². The highest BCUT2D eigenvalue weighted by atomic mass is 32.1. The molecule has 2 aromatic carbocycles. The number of hydrogen-bond donors (Lipinski definition) is 2. The van der Waals surface area contributed by atoms with E-state index >= 15 is 0 Å². The molecule has 0 atom stereocenters. The molecular weight excluding hydrogens is 455 g/mol. The number of anilines is 2. The molecule has 0 spiro atoms. The molecule has 0 unspecified atom stereocenters. The number of carbonyl (C=O) groups excluding carboxylic acids is 1. The van der Waals surface area contributed by atoms with Gasteiger partial charge in [0, 0.05) is 54.9 Å². The number of carboxylic acid groups (broad SMARTS) is 1. The molecule has 0 saturated carbocycles. The maximum atomic E-state index is 14.1. The Morgan fingerprint density at radius 2 is 1.88 bits per heavy atom. The Hall–Kier alpha value is -3.01. The first-order valence-corrected chi connectivity index (χ1v) is 12.4. The molecule has 7 nitrogen and oxygen atoms in total. The zero-order valence-corrected chi connectivity index (χ0v) is 19.6. The largest absolute Gasteiger partial charge is 0.480 e. The Morgan fingerprint density at radius 3 is 2.68 bits per heavy atom. The van der Waals surface area contributed by atoms with E-state index in [0.717, 1.165) is 71.7 Å². The van der Waals surface area contributed by atoms with Crippen molar-refractivity contribution in [1.29, 1.82) is 0 Å². The fourth-order valence-corrected chi connectivity index (χ4v) is 5.60. The fraction of sp³-hybridized carbons (Fsp3) is 0.360. The molecule has 178 valence electrons. The number of aliphatic carboxylic acids is 1. The van der Waals surface area contributed by atoms with Gasteiger partial charge < -0.3 is 10.0 Å². The molecule has 5 rings (SSSR count). The van der Waals surface area contributed by atoms with Gasteiger partial charge in [0.15, 0.2) is 0 Å². The minimum Gasteiger partial charge on any atom is -0.480 e. The molecule has 0 radical (unpaired) electrons. The standard InChI is InChI=1S/C25H27FN4O3S/c26-19-14-22(20-6-12-34-23(20)15-19)29-10-8-28(9-11-29)7-5-17-1-2-18-3-4-24(31)30(21(18)13-17)27-16-25(32)33/h1-2,6,12-15,27H,3-5,7-11,16H2,(H,32,33). The van der Waals surface area contributed by atoms with E-state index in [1.54, 1.807) is 23.5 Å². The van der Waals surface area contributed by atoms with Crippen molar-refractivity contribution in [3.05, 3.63) is 58.7 Å². The van der Waals surface area contributed by atoms with E-state index in [1.165, 1.54) is 5.01 Å². The predicted molar refractivity (Wildman–Crippen MR) is 132 cm³/mol. The Morgan fingerprint density at radius 1 is 1.06 bits per heavy atom. The van der Waals surface area contributed by atoms with Crippen molar-refractivity contribution in [3.8, 4) is 0 Å². The molecule has 34 heavy (non-hydrogen) atoms. The van der Waals surface area contributed by atoms with Crippen molar-refractivity contribution >= 4 is 44.7 Å². The van der Waals surface area contributed by atoms with E-state index in [4.69, 9.17) is 5.11 Å². The zero-order valence-electron chi connectivity index (χ0n) is 18.8. The Labute approximate surface area is 201 Å². The van der Waals surface area contributed by atoms with Gasteiger partial charge in [-0.3, -0.25) is 14.5 Å². The van der Waals surface area contributed by atoms with Crippen LogP contribution in [0.5, 0.6) is 0 Å². The number of aryl methyl sites for hydroxylation is 1. The van der Waals surface area contributed by atoms with Crippen molar-refractivity contribution in [3.63, 3.8) is 0 Å². The summed E-state index contributed by atoms with van der Waals surface area (Å²) in [5.74, 6) is -1.31. The van der Waals surface area contributed by atoms with Gasteiger partial charge in [-0.15, -0.1) is 11.3 Å². The third kappa shape index (κ3) is 4.77. The topological polar surface area (TPSA) is 76.1 Å². The number of nitrogens with one attached hydrogen (secondary N) is 1. The second-order valence-electron chi connectivity index (χ2n) is 8.76. The Balaban J connectivity index is 1.21. The summed E-state index contributed by atoms with van der Waals surface area (Å²) in [6.45, 7) is 4.08. The zero-order chi connectivity index (χ0) is 23.7. The van der Waals surface area contributed by atoms with Crippen molar-refractivity contribution in [1.82, 2.24) is 10.3 Å². The molecule has 1 amide bonds. The summed E-state index contributed by atoms with van der Waals surface area (Å²) >= 11 is 1.57. The predicted octanol–water partition coefficient (Wildman–Crippen LogP) is 3.27. The summed E-state index contributed by atoms with van der Waals surface area (Å²) < 4.78 is 15.1. The average Bonchev–Trinajstić information content (AvgIpc) is 3.30. The molecule has 0 aliphatic carbocycles. The molecule has 0 bridgehead atoms. The lowest BCUT2D eigenvalue weighted by Gasteiger charge is -2.36. The van der Waals surface area contributed by atoms with Crippen LogP contribution < -0.4 is 15.3 Å². The maximum absolute atomic E-state index is 14.1. The van der Waals surface area contributed by atoms with Gasteiger partial charge in [0.2, 0.25) is 5.91 Å². The third-order valence-electron chi connectivity index (χ3n) is 6.58. The van der Waals surface area contributed by atoms with Crippen LogP contribution in [0.4, 0.5) is 15.8 Å². The maximum Gasteiger partial charge on any atom is 0.319 e. The van der Waals surface area contributed by atoms with Crippen LogP contribution in [0.25, 0.3) is 10.1 Å². The normalized spacial score (nSPS) is 16.8. The van der Waals surface area contributed by atoms with Gasteiger partial charge in [-0.2, -0.15) is 0 Å². The number of rotatable bonds is 7. The summed E-state index contributed by atoms with van der Waals surface area (Å²) in [5, 5.41) is 13.5. The van der Waals surface area contributed by atoms with Gasteiger partial charge in [-0.1, -0.05) is 12.1 Å². The molecule has 1 saturated heterocycles. The van der Waals surface area contributed by atoms with Crippen molar-refractivity contribution in [2.75, 3.05) is 49.2 Å². The molecule has 1 aromatic heterocycles. The lowest BCUT2D eigenvalue weighted by atomic mass is 9.99. The van der Waals surface area contributed by atoms with E-state index in [0.29, 0.717) is 12.8 Å². The Kier molecular flexibility index (Phi) is 6.49. The van der Waals surface area contributed by atoms with Crippen LogP contribution in [0, 0.1) is 5.82 Å². The van der Waals surface area contributed by atoms with Crippen LogP contribution in [0.1, 0.15) is 17.5 Å². The van der Waals surface area contributed by atoms with Crippen LogP contribution in [-0.2, 0) is 22.4 Å². The summed E-state index contributed by atoms with van der Waals surface area (Å²) in [6.07, 6.45) is 1.87. The van der Waals surface area contributed by atoms with Crippen molar-refractivity contribution in [2.45, 2.75) is 19.3 Å². The smallest absolute Gasteiger partial charge is 0.319 e. The molecule has 1 fully saturated rings. The second-order valence-corrected chi connectivity index (χ2v) is 9.70. The summed E-state index contributed by atoms with van der Waals surface area (Å²) in [6, 6.07) is 11.4. The minimum atomic E-state index is -1.01. The number of benzene rings is 2. The van der Waals surface area contributed by atoms with Crippen LogP contribution in [0.15, 0.2) is 41.8 Å². The van der Waals surface area contributed by atoms with Gasteiger partial charge in [0.05, 0.1) is 5.69 Å². The first kappa shape index (κ1) is 22.8. The third-order valence-corrected chi connectivity index (χ3v) is 7.44.